The summed E-state index contributed by atoms with van der Waals surface area (Å²) in [4.78, 5) is 17.2. The second-order valence-electron chi connectivity index (χ2n) is 2.11. The fourth-order valence-corrected chi connectivity index (χ4v) is 0.982. The van der Waals surface area contributed by atoms with Crippen LogP contribution in [0.1, 0.15) is 10.5 Å². The quantitative estimate of drug-likeness (QED) is 0.547. The van der Waals surface area contributed by atoms with Crippen LogP contribution in [-0.2, 0) is 4.74 Å². The average Bonchev–Trinajstić information content (AvgIpc) is 2.10. The van der Waals surface area contributed by atoms with Gasteiger partial charge >= 0.3 is 5.97 Å². The van der Waals surface area contributed by atoms with Crippen LogP contribution >= 0.6 is 23.8 Å². The van der Waals surface area contributed by atoms with E-state index >= 15 is 0 Å². The summed E-state index contributed by atoms with van der Waals surface area (Å²) < 4.78 is 4.60. The first-order valence-corrected chi connectivity index (χ1v) is 3.98. The molecule has 13 heavy (non-hydrogen) atoms. The Morgan fingerprint density at radius 3 is 2.92 bits per heavy atom. The molecule has 5 nitrogen and oxygen atoms in total. The molecular formula is C6H6ClN3O2S. The molecule has 0 saturated carbocycles. The highest BCUT2D eigenvalue weighted by Crippen LogP contribution is 2.12. The molecule has 0 saturated heterocycles. The first-order valence-electron chi connectivity index (χ1n) is 3.20. The number of nitrogens with zero attached hydrogens (tertiary/aromatic N) is 1. The number of esters is 1. The fourth-order valence-electron chi connectivity index (χ4n) is 0.695. The minimum absolute atomic E-state index is 0.0181. The van der Waals surface area contributed by atoms with Gasteiger partial charge < -0.3 is 15.5 Å². The number of H-pyrrole nitrogens is 1. The number of carbonyl (C=O) groups excluding carboxylic acids is 1. The number of carbonyl (C=O) groups is 1. The maximum Gasteiger partial charge on any atom is 0.360 e. The fraction of sp³-hybridized carbons (Fsp3) is 0.167. The molecule has 0 aliphatic heterocycles. The Labute approximate surface area is 83.9 Å². The highest BCUT2D eigenvalue weighted by molar-refractivity contribution is 7.71. The summed E-state index contributed by atoms with van der Waals surface area (Å²) in [7, 11) is 1.22. The number of nitrogen functional groups attached to an aromatic ring is 1. The molecule has 0 spiro atoms. The lowest BCUT2D eigenvalue weighted by atomic mass is 10.4. The summed E-state index contributed by atoms with van der Waals surface area (Å²) in [5.74, 6) is -0.619. The second-order valence-corrected chi connectivity index (χ2v) is 2.88. The molecule has 70 valence electrons. The van der Waals surface area contributed by atoms with Crippen molar-refractivity contribution in [3.05, 3.63) is 15.5 Å². The zero-order chi connectivity index (χ0) is 10.0. The van der Waals surface area contributed by atoms with Gasteiger partial charge in [0.2, 0.25) is 0 Å². The third-order valence-electron chi connectivity index (χ3n) is 1.28. The molecule has 1 aromatic heterocycles. The van der Waals surface area contributed by atoms with Gasteiger partial charge in [-0.15, -0.1) is 0 Å². The van der Waals surface area contributed by atoms with Gasteiger partial charge in [0, 0.05) is 0 Å². The van der Waals surface area contributed by atoms with E-state index in [1.54, 1.807) is 0 Å². The normalized spacial score (nSPS) is 9.69. The van der Waals surface area contributed by atoms with Crippen molar-refractivity contribution in [2.45, 2.75) is 0 Å². The van der Waals surface area contributed by atoms with E-state index in [0.717, 1.165) is 0 Å². The number of halogens is 1. The SMILES string of the molecule is COC(=O)c1nc(Cl)c(=S)[nH]c1N. The van der Waals surface area contributed by atoms with Crippen LogP contribution in [0.2, 0.25) is 5.15 Å². The van der Waals surface area contributed by atoms with E-state index in [4.69, 9.17) is 29.6 Å². The van der Waals surface area contributed by atoms with Crippen molar-refractivity contribution in [3.8, 4) is 0 Å². The number of rotatable bonds is 1. The molecule has 0 unspecified atom stereocenters. The first-order chi connectivity index (χ1) is 6.06. The van der Waals surface area contributed by atoms with Crippen LogP contribution < -0.4 is 5.73 Å². The second kappa shape index (κ2) is 3.71. The predicted octanol–water partition coefficient (Wildman–Crippen LogP) is 1.16. The number of anilines is 1. The molecule has 1 aromatic rings. The highest BCUT2D eigenvalue weighted by Gasteiger charge is 2.13. The molecule has 3 N–H and O–H groups in total. The number of ether oxygens (including phenoxy) is 1. The van der Waals surface area contributed by atoms with Crippen LogP contribution in [0, 0.1) is 4.64 Å². The molecular weight excluding hydrogens is 214 g/mol. The van der Waals surface area contributed by atoms with Crippen LogP contribution in [0.4, 0.5) is 5.82 Å². The van der Waals surface area contributed by atoms with Gasteiger partial charge in [-0.25, -0.2) is 9.78 Å². The lowest BCUT2D eigenvalue weighted by molar-refractivity contribution is 0.0595. The van der Waals surface area contributed by atoms with Crippen LogP contribution in [0.25, 0.3) is 0 Å². The molecule has 0 aliphatic carbocycles. The summed E-state index contributed by atoms with van der Waals surface area (Å²) in [6.45, 7) is 0. The van der Waals surface area contributed by atoms with Crippen LogP contribution in [0.5, 0.6) is 0 Å². The molecule has 1 heterocycles. The smallest absolute Gasteiger partial charge is 0.360 e. The lowest BCUT2D eigenvalue weighted by Crippen LogP contribution is -2.10. The molecule has 0 fully saturated rings. The Morgan fingerprint density at radius 2 is 2.38 bits per heavy atom. The molecule has 0 bridgehead atoms. The summed E-state index contributed by atoms with van der Waals surface area (Å²) in [5, 5.41) is 0.0181. The van der Waals surface area contributed by atoms with Crippen molar-refractivity contribution in [2.75, 3.05) is 12.8 Å². The van der Waals surface area contributed by atoms with Gasteiger partial charge in [-0.1, -0.05) is 23.8 Å². The minimum Gasteiger partial charge on any atom is -0.464 e. The Kier molecular flexibility index (Phi) is 2.84. The number of nitrogens with two attached hydrogens (primary N) is 1. The largest absolute Gasteiger partial charge is 0.464 e. The topological polar surface area (TPSA) is 81.0 Å². The van der Waals surface area contributed by atoms with Crippen molar-refractivity contribution in [3.63, 3.8) is 0 Å². The number of hydrogen-bond donors (Lipinski definition) is 2. The monoisotopic (exact) mass is 219 g/mol. The molecule has 0 atom stereocenters. The van der Waals surface area contributed by atoms with Gasteiger partial charge in [-0.3, -0.25) is 0 Å². The summed E-state index contributed by atoms with van der Waals surface area (Å²) in [5.41, 5.74) is 5.35. The van der Waals surface area contributed by atoms with Gasteiger partial charge in [0.15, 0.2) is 10.8 Å². The summed E-state index contributed by atoms with van der Waals surface area (Å²) >= 11 is 10.3. The maximum absolute atomic E-state index is 11.0. The van der Waals surface area contributed by atoms with E-state index in [1.807, 2.05) is 0 Å². The van der Waals surface area contributed by atoms with Crippen molar-refractivity contribution in [1.29, 1.82) is 0 Å². The highest BCUT2D eigenvalue weighted by atomic mass is 35.5. The van der Waals surface area contributed by atoms with Crippen molar-refractivity contribution in [1.82, 2.24) is 9.97 Å². The molecule has 7 heteroatoms. The summed E-state index contributed by atoms with van der Waals surface area (Å²) in [6.07, 6.45) is 0. The van der Waals surface area contributed by atoms with Crippen molar-refractivity contribution >= 4 is 35.6 Å². The Morgan fingerprint density at radius 1 is 1.77 bits per heavy atom. The zero-order valence-electron chi connectivity index (χ0n) is 6.63. The number of hydrogen-bond acceptors (Lipinski definition) is 5. The van der Waals surface area contributed by atoms with Crippen molar-refractivity contribution in [2.24, 2.45) is 0 Å². The van der Waals surface area contributed by atoms with Gasteiger partial charge in [0.1, 0.15) is 10.5 Å². The molecule has 1 rings (SSSR count). The van der Waals surface area contributed by atoms with Crippen molar-refractivity contribution < 1.29 is 9.53 Å². The van der Waals surface area contributed by atoms with E-state index in [0.29, 0.717) is 0 Å². The van der Waals surface area contributed by atoms with E-state index in [1.165, 1.54) is 7.11 Å². The Bertz CT molecular complexity index is 403. The third kappa shape index (κ3) is 1.96. The Hall–Kier alpha value is -1.14. The van der Waals surface area contributed by atoms with Gasteiger partial charge in [0.05, 0.1) is 7.11 Å². The number of aromatic amines is 1. The average molecular weight is 220 g/mol. The molecule has 0 amide bonds. The van der Waals surface area contributed by atoms with Gasteiger partial charge in [-0.05, 0) is 0 Å². The van der Waals surface area contributed by atoms with Gasteiger partial charge in [0.25, 0.3) is 0 Å². The zero-order valence-corrected chi connectivity index (χ0v) is 8.20. The van der Waals surface area contributed by atoms with Crippen LogP contribution in [0.3, 0.4) is 0 Å². The van der Waals surface area contributed by atoms with Crippen LogP contribution in [0.15, 0.2) is 0 Å². The molecule has 0 aromatic carbocycles. The number of aromatic nitrogens is 2. The molecule has 0 radical (unpaired) electrons. The maximum atomic E-state index is 11.0. The first kappa shape index (κ1) is 9.94. The van der Waals surface area contributed by atoms with E-state index in [2.05, 4.69) is 14.7 Å². The lowest BCUT2D eigenvalue weighted by Gasteiger charge is -2.02. The predicted molar refractivity (Wildman–Crippen MR) is 50.2 cm³/mol. The van der Waals surface area contributed by atoms with Crippen LogP contribution in [-0.4, -0.2) is 23.0 Å². The Balaban J connectivity index is 3.31. The number of nitrogens with one attached hydrogen (secondary N) is 1. The number of methoxy groups -OCH3 is 1. The van der Waals surface area contributed by atoms with E-state index < -0.39 is 5.97 Å². The molecule has 0 aliphatic rings. The summed E-state index contributed by atoms with van der Waals surface area (Å²) in [6, 6.07) is 0. The van der Waals surface area contributed by atoms with E-state index in [-0.39, 0.29) is 21.3 Å². The van der Waals surface area contributed by atoms with E-state index in [9.17, 15) is 4.79 Å². The standard InChI is InChI=1S/C6H6ClN3O2S/c1-12-6(11)2-4(8)10-5(13)3(7)9-2/h1H3,(H3,8,10,13). The minimum atomic E-state index is -0.661. The van der Waals surface area contributed by atoms with Gasteiger partial charge in [-0.2, -0.15) is 0 Å². The third-order valence-corrected chi connectivity index (χ3v) is 1.96.